The Morgan fingerprint density at radius 3 is 2.45 bits per heavy atom. The van der Waals surface area contributed by atoms with E-state index in [0.717, 1.165) is 7.11 Å². The SMILES string of the molecule is COC(=O)C(CS(=O)(=O)c1ccccc1Br)NC(C)=O. The number of nitrogens with one attached hydrogen (secondary N) is 1. The summed E-state index contributed by atoms with van der Waals surface area (Å²) in [6.45, 7) is 1.20. The zero-order valence-corrected chi connectivity index (χ0v) is 13.3. The average Bonchev–Trinajstić information content (AvgIpc) is 2.36. The van der Waals surface area contributed by atoms with Crippen LogP contribution in [0.15, 0.2) is 33.6 Å². The van der Waals surface area contributed by atoms with Gasteiger partial charge in [0.1, 0.15) is 6.04 Å². The number of amides is 1. The molecule has 1 unspecified atom stereocenters. The van der Waals surface area contributed by atoms with Gasteiger partial charge in [-0.25, -0.2) is 13.2 Å². The van der Waals surface area contributed by atoms with E-state index in [0.29, 0.717) is 4.47 Å². The third-order valence-electron chi connectivity index (χ3n) is 2.42. The van der Waals surface area contributed by atoms with Gasteiger partial charge < -0.3 is 10.1 Å². The van der Waals surface area contributed by atoms with Gasteiger partial charge in [0.15, 0.2) is 9.84 Å². The van der Waals surface area contributed by atoms with Crippen molar-refractivity contribution in [2.24, 2.45) is 0 Å². The molecule has 0 radical (unpaired) electrons. The largest absolute Gasteiger partial charge is 0.467 e. The van der Waals surface area contributed by atoms with Gasteiger partial charge in [0.25, 0.3) is 0 Å². The highest BCUT2D eigenvalue weighted by atomic mass is 79.9. The van der Waals surface area contributed by atoms with Crippen molar-refractivity contribution in [1.82, 2.24) is 5.32 Å². The first-order valence-electron chi connectivity index (χ1n) is 5.60. The molecule has 0 fully saturated rings. The molecule has 0 saturated carbocycles. The van der Waals surface area contributed by atoms with Crippen molar-refractivity contribution in [1.29, 1.82) is 0 Å². The summed E-state index contributed by atoms with van der Waals surface area (Å²) in [5, 5.41) is 2.27. The number of rotatable bonds is 5. The molecule has 0 saturated heterocycles. The first-order valence-corrected chi connectivity index (χ1v) is 8.04. The Kier molecular flexibility index (Phi) is 5.70. The number of methoxy groups -OCH3 is 1. The Balaban J connectivity index is 3.06. The Bertz CT molecular complexity index is 614. The normalized spacial score (nSPS) is 12.6. The summed E-state index contributed by atoms with van der Waals surface area (Å²) in [6.07, 6.45) is 0. The summed E-state index contributed by atoms with van der Waals surface area (Å²) in [6, 6.07) is 5.01. The summed E-state index contributed by atoms with van der Waals surface area (Å²) in [7, 11) is -2.63. The van der Waals surface area contributed by atoms with Crippen LogP contribution >= 0.6 is 15.9 Å². The highest BCUT2D eigenvalue weighted by Gasteiger charge is 2.29. The van der Waals surface area contributed by atoms with Gasteiger partial charge in [0.2, 0.25) is 5.91 Å². The van der Waals surface area contributed by atoms with Crippen molar-refractivity contribution < 1.29 is 22.7 Å². The van der Waals surface area contributed by atoms with Gasteiger partial charge in [-0.2, -0.15) is 0 Å². The van der Waals surface area contributed by atoms with Gasteiger partial charge >= 0.3 is 5.97 Å². The molecule has 1 aromatic rings. The molecule has 110 valence electrons. The van der Waals surface area contributed by atoms with Crippen molar-refractivity contribution in [2.75, 3.05) is 12.9 Å². The molecule has 1 atom stereocenters. The van der Waals surface area contributed by atoms with Crippen molar-refractivity contribution in [2.45, 2.75) is 17.9 Å². The standard InChI is InChI=1S/C12H14BrNO5S/c1-8(15)14-10(12(16)19-2)7-20(17,18)11-6-4-3-5-9(11)13/h3-6,10H,7H2,1-2H3,(H,14,15). The minimum absolute atomic E-state index is 0.0549. The van der Waals surface area contributed by atoms with Gasteiger partial charge in [-0.1, -0.05) is 12.1 Å². The molecular formula is C12H14BrNO5S. The Morgan fingerprint density at radius 1 is 1.35 bits per heavy atom. The van der Waals surface area contributed by atoms with E-state index in [2.05, 4.69) is 26.0 Å². The van der Waals surface area contributed by atoms with Gasteiger partial charge in [0, 0.05) is 11.4 Å². The molecule has 0 aliphatic heterocycles. The summed E-state index contributed by atoms with van der Waals surface area (Å²) >= 11 is 3.14. The fraction of sp³-hybridized carbons (Fsp3) is 0.333. The predicted octanol–water partition coefficient (Wildman–Crippen LogP) is 0.900. The van der Waals surface area contributed by atoms with Gasteiger partial charge in [-0.3, -0.25) is 4.79 Å². The van der Waals surface area contributed by atoms with Crippen molar-refractivity contribution in [3.05, 3.63) is 28.7 Å². The minimum atomic E-state index is -3.75. The monoisotopic (exact) mass is 363 g/mol. The molecule has 8 heteroatoms. The molecule has 0 aliphatic carbocycles. The van der Waals surface area contributed by atoms with E-state index in [1.54, 1.807) is 18.2 Å². The average molecular weight is 364 g/mol. The number of halogens is 1. The second kappa shape index (κ2) is 6.85. The van der Waals surface area contributed by atoms with E-state index in [1.165, 1.54) is 13.0 Å². The van der Waals surface area contributed by atoms with Crippen LogP contribution in [-0.4, -0.2) is 39.2 Å². The van der Waals surface area contributed by atoms with Crippen LogP contribution in [0.3, 0.4) is 0 Å². The second-order valence-corrected chi connectivity index (χ2v) is 6.85. The maximum Gasteiger partial charge on any atom is 0.329 e. The third kappa shape index (κ3) is 4.31. The lowest BCUT2D eigenvalue weighted by molar-refractivity contribution is -0.144. The molecule has 20 heavy (non-hydrogen) atoms. The number of hydrogen-bond donors (Lipinski definition) is 1. The molecule has 1 aromatic carbocycles. The van der Waals surface area contributed by atoms with Crippen LogP contribution in [-0.2, 0) is 24.2 Å². The quantitative estimate of drug-likeness (QED) is 0.785. The number of carbonyl (C=O) groups is 2. The number of sulfone groups is 1. The van der Waals surface area contributed by atoms with E-state index >= 15 is 0 Å². The summed E-state index contributed by atoms with van der Waals surface area (Å²) in [5.74, 6) is -1.89. The molecule has 1 N–H and O–H groups in total. The molecule has 0 aliphatic rings. The van der Waals surface area contributed by atoms with Crippen molar-refractivity contribution >= 4 is 37.6 Å². The predicted molar refractivity (Wildman–Crippen MR) is 75.8 cm³/mol. The van der Waals surface area contributed by atoms with Crippen LogP contribution in [0, 0.1) is 0 Å². The molecule has 6 nitrogen and oxygen atoms in total. The zero-order chi connectivity index (χ0) is 15.3. The molecule has 1 rings (SSSR count). The topological polar surface area (TPSA) is 89.5 Å². The molecule has 0 heterocycles. The van der Waals surface area contributed by atoms with Gasteiger partial charge in [-0.15, -0.1) is 0 Å². The second-order valence-electron chi connectivity index (χ2n) is 3.99. The molecule has 0 bridgehead atoms. The van der Waals surface area contributed by atoms with E-state index < -0.39 is 33.5 Å². The van der Waals surface area contributed by atoms with Crippen LogP contribution in [0.5, 0.6) is 0 Å². The van der Waals surface area contributed by atoms with Crippen LogP contribution in [0.2, 0.25) is 0 Å². The van der Waals surface area contributed by atoms with E-state index in [4.69, 9.17) is 0 Å². The highest BCUT2D eigenvalue weighted by molar-refractivity contribution is 9.10. The molecule has 0 aromatic heterocycles. The first kappa shape index (κ1) is 16.6. The van der Waals surface area contributed by atoms with Crippen LogP contribution in [0.25, 0.3) is 0 Å². The van der Waals surface area contributed by atoms with Crippen LogP contribution in [0.1, 0.15) is 6.92 Å². The number of carbonyl (C=O) groups excluding carboxylic acids is 2. The summed E-state index contributed by atoms with van der Waals surface area (Å²) in [4.78, 5) is 22.6. The number of ether oxygens (including phenoxy) is 1. The fourth-order valence-corrected chi connectivity index (χ4v) is 4.08. The fourth-order valence-electron chi connectivity index (χ4n) is 1.56. The van der Waals surface area contributed by atoms with Crippen molar-refractivity contribution in [3.8, 4) is 0 Å². The maximum atomic E-state index is 12.3. The summed E-state index contributed by atoms with van der Waals surface area (Å²) < 4.78 is 29.4. The van der Waals surface area contributed by atoms with E-state index in [1.807, 2.05) is 0 Å². The van der Waals surface area contributed by atoms with E-state index in [9.17, 15) is 18.0 Å². The molecule has 0 spiro atoms. The number of benzene rings is 1. The molecular weight excluding hydrogens is 350 g/mol. The Labute approximate surface area is 125 Å². The van der Waals surface area contributed by atoms with Gasteiger partial charge in [0.05, 0.1) is 17.8 Å². The zero-order valence-electron chi connectivity index (χ0n) is 10.9. The lowest BCUT2D eigenvalue weighted by atomic mass is 10.3. The lowest BCUT2D eigenvalue weighted by Crippen LogP contribution is -2.45. The molecule has 1 amide bonds. The Morgan fingerprint density at radius 2 is 1.95 bits per heavy atom. The smallest absolute Gasteiger partial charge is 0.329 e. The number of hydrogen-bond acceptors (Lipinski definition) is 5. The third-order valence-corrected chi connectivity index (χ3v) is 5.17. The Hall–Kier alpha value is -1.41. The van der Waals surface area contributed by atoms with Gasteiger partial charge in [-0.05, 0) is 28.1 Å². The summed E-state index contributed by atoms with van der Waals surface area (Å²) in [5.41, 5.74) is 0. The van der Waals surface area contributed by atoms with Crippen LogP contribution < -0.4 is 5.32 Å². The highest BCUT2D eigenvalue weighted by Crippen LogP contribution is 2.22. The van der Waals surface area contributed by atoms with Crippen LogP contribution in [0.4, 0.5) is 0 Å². The van der Waals surface area contributed by atoms with Crippen molar-refractivity contribution in [3.63, 3.8) is 0 Å². The lowest BCUT2D eigenvalue weighted by Gasteiger charge is -2.16. The van der Waals surface area contributed by atoms with E-state index in [-0.39, 0.29) is 4.90 Å². The minimum Gasteiger partial charge on any atom is -0.467 e. The number of esters is 1. The maximum absolute atomic E-state index is 12.3. The first-order chi connectivity index (χ1) is 9.27.